The zero-order chi connectivity index (χ0) is 17.0. The molecule has 0 saturated carbocycles. The summed E-state index contributed by atoms with van der Waals surface area (Å²) in [4.78, 5) is 24.0. The molecule has 0 aliphatic heterocycles. The predicted octanol–water partition coefficient (Wildman–Crippen LogP) is 4.17. The van der Waals surface area contributed by atoms with Crippen LogP contribution in [0.25, 0.3) is 0 Å². The molecule has 5 heteroatoms. The van der Waals surface area contributed by atoms with Crippen LogP contribution in [-0.4, -0.2) is 18.5 Å². The number of ether oxygens (including phenoxy) is 1. The van der Waals surface area contributed by atoms with E-state index in [2.05, 4.69) is 21.2 Å². The number of halogens is 1. The Kier molecular flexibility index (Phi) is 5.55. The van der Waals surface area contributed by atoms with Crippen molar-refractivity contribution < 1.29 is 14.3 Å². The monoisotopic (exact) mass is 375 g/mol. The minimum atomic E-state index is -0.496. The van der Waals surface area contributed by atoms with Crippen LogP contribution in [0.1, 0.15) is 27.0 Å². The molecule has 0 aromatic heterocycles. The summed E-state index contributed by atoms with van der Waals surface area (Å²) in [5, 5.41) is 2.71. The van der Waals surface area contributed by atoms with Crippen molar-refractivity contribution in [1.29, 1.82) is 0 Å². The van der Waals surface area contributed by atoms with E-state index in [-0.39, 0.29) is 12.5 Å². The van der Waals surface area contributed by atoms with Gasteiger partial charge < -0.3 is 10.1 Å². The lowest BCUT2D eigenvalue weighted by Gasteiger charge is -2.10. The van der Waals surface area contributed by atoms with Gasteiger partial charge in [-0.15, -0.1) is 0 Å². The van der Waals surface area contributed by atoms with Crippen LogP contribution in [0.4, 0.5) is 5.69 Å². The van der Waals surface area contributed by atoms with Crippen molar-refractivity contribution >= 4 is 33.5 Å². The van der Waals surface area contributed by atoms with Crippen LogP contribution in [0, 0.1) is 20.8 Å². The minimum absolute atomic E-state index is 0.327. The SMILES string of the molecule is Cc1ccc(NC(=O)COC(=O)c2cc(C)ccc2C)c(Br)c1. The maximum Gasteiger partial charge on any atom is 0.338 e. The van der Waals surface area contributed by atoms with Gasteiger partial charge in [-0.25, -0.2) is 4.79 Å². The first kappa shape index (κ1) is 17.2. The van der Waals surface area contributed by atoms with Crippen LogP contribution in [-0.2, 0) is 9.53 Å². The number of benzene rings is 2. The average molecular weight is 376 g/mol. The second-order valence-corrected chi connectivity index (χ2v) is 6.28. The third-order valence-electron chi connectivity index (χ3n) is 3.35. The Morgan fingerprint density at radius 1 is 1.04 bits per heavy atom. The molecular formula is C18H18BrNO3. The Balaban J connectivity index is 1.96. The lowest BCUT2D eigenvalue weighted by atomic mass is 10.1. The molecule has 0 aliphatic rings. The van der Waals surface area contributed by atoms with Gasteiger partial charge in [0.05, 0.1) is 11.3 Å². The van der Waals surface area contributed by atoms with E-state index in [4.69, 9.17) is 4.74 Å². The van der Waals surface area contributed by atoms with Crippen molar-refractivity contribution in [1.82, 2.24) is 0 Å². The molecule has 0 bridgehead atoms. The number of rotatable bonds is 4. The summed E-state index contributed by atoms with van der Waals surface area (Å²) in [6.45, 7) is 5.37. The maximum absolute atomic E-state index is 12.1. The molecule has 2 aromatic carbocycles. The molecule has 4 nitrogen and oxygen atoms in total. The molecule has 2 rings (SSSR count). The van der Waals surface area contributed by atoms with Gasteiger partial charge in [-0.3, -0.25) is 4.79 Å². The van der Waals surface area contributed by atoms with E-state index in [9.17, 15) is 9.59 Å². The topological polar surface area (TPSA) is 55.4 Å². The fraction of sp³-hybridized carbons (Fsp3) is 0.222. The van der Waals surface area contributed by atoms with Gasteiger partial charge >= 0.3 is 5.97 Å². The molecule has 0 unspecified atom stereocenters. The van der Waals surface area contributed by atoms with Crippen molar-refractivity contribution in [3.8, 4) is 0 Å². The van der Waals surface area contributed by atoms with Crippen LogP contribution in [0.3, 0.4) is 0 Å². The summed E-state index contributed by atoms with van der Waals surface area (Å²) < 4.78 is 5.88. The standard InChI is InChI=1S/C18H18BrNO3/c1-11-4-6-13(3)14(8-11)18(22)23-10-17(21)20-16-7-5-12(2)9-15(16)19/h4-9H,10H2,1-3H3,(H,20,21). The number of amides is 1. The first-order valence-electron chi connectivity index (χ1n) is 7.17. The maximum atomic E-state index is 12.1. The van der Waals surface area contributed by atoms with Crippen LogP contribution < -0.4 is 5.32 Å². The molecule has 0 saturated heterocycles. The zero-order valence-corrected chi connectivity index (χ0v) is 14.9. The van der Waals surface area contributed by atoms with Gasteiger partial charge in [0.2, 0.25) is 0 Å². The van der Waals surface area contributed by atoms with Crippen LogP contribution in [0.2, 0.25) is 0 Å². The molecule has 0 radical (unpaired) electrons. The summed E-state index contributed by atoms with van der Waals surface area (Å²) in [6, 6.07) is 11.1. The number of carbonyl (C=O) groups excluding carboxylic acids is 2. The smallest absolute Gasteiger partial charge is 0.338 e. The molecule has 0 aliphatic carbocycles. The first-order chi connectivity index (χ1) is 10.9. The second-order valence-electron chi connectivity index (χ2n) is 5.43. The third-order valence-corrected chi connectivity index (χ3v) is 4.00. The van der Waals surface area contributed by atoms with Crippen molar-refractivity contribution in [3.63, 3.8) is 0 Å². The van der Waals surface area contributed by atoms with E-state index in [1.165, 1.54) is 0 Å². The van der Waals surface area contributed by atoms with E-state index >= 15 is 0 Å². The van der Waals surface area contributed by atoms with E-state index in [0.717, 1.165) is 21.2 Å². The average Bonchev–Trinajstić information content (AvgIpc) is 2.50. The van der Waals surface area contributed by atoms with Gasteiger partial charge in [0.25, 0.3) is 5.91 Å². The lowest BCUT2D eigenvalue weighted by Crippen LogP contribution is -2.21. The van der Waals surface area contributed by atoms with Crippen LogP contribution >= 0.6 is 15.9 Å². The van der Waals surface area contributed by atoms with Crippen LogP contribution in [0.15, 0.2) is 40.9 Å². The molecule has 0 heterocycles. The van der Waals surface area contributed by atoms with Gasteiger partial charge in [-0.05, 0) is 66.0 Å². The summed E-state index contributed by atoms with van der Waals surface area (Å²) in [6.07, 6.45) is 0. The number of carbonyl (C=O) groups is 2. The number of hydrogen-bond donors (Lipinski definition) is 1. The summed E-state index contributed by atoms with van der Waals surface area (Å²) >= 11 is 3.39. The number of nitrogens with one attached hydrogen (secondary N) is 1. The van der Waals surface area contributed by atoms with E-state index in [0.29, 0.717) is 11.3 Å². The molecule has 23 heavy (non-hydrogen) atoms. The Morgan fingerprint density at radius 3 is 2.39 bits per heavy atom. The highest BCUT2D eigenvalue weighted by atomic mass is 79.9. The first-order valence-corrected chi connectivity index (χ1v) is 7.96. The molecule has 0 atom stereocenters. The molecule has 120 valence electrons. The molecule has 1 amide bonds. The van der Waals surface area contributed by atoms with Gasteiger partial charge in [-0.1, -0.05) is 23.8 Å². The van der Waals surface area contributed by atoms with E-state index in [1.54, 1.807) is 12.1 Å². The molecule has 0 spiro atoms. The van der Waals surface area contributed by atoms with Gasteiger partial charge in [-0.2, -0.15) is 0 Å². The van der Waals surface area contributed by atoms with Gasteiger partial charge in [0, 0.05) is 4.47 Å². The minimum Gasteiger partial charge on any atom is -0.452 e. The van der Waals surface area contributed by atoms with Crippen molar-refractivity contribution in [2.24, 2.45) is 0 Å². The number of hydrogen-bond acceptors (Lipinski definition) is 3. The number of aryl methyl sites for hydroxylation is 3. The fourth-order valence-electron chi connectivity index (χ4n) is 2.07. The molecule has 0 fully saturated rings. The summed E-state index contributed by atoms with van der Waals surface area (Å²) in [5.41, 5.74) is 3.99. The zero-order valence-electron chi connectivity index (χ0n) is 13.3. The Labute approximate surface area is 144 Å². The third kappa shape index (κ3) is 4.66. The fourth-order valence-corrected chi connectivity index (χ4v) is 2.66. The number of esters is 1. The molecule has 1 N–H and O–H groups in total. The highest BCUT2D eigenvalue weighted by Crippen LogP contribution is 2.23. The summed E-state index contributed by atoms with van der Waals surface area (Å²) in [7, 11) is 0. The predicted molar refractivity (Wildman–Crippen MR) is 93.7 cm³/mol. The van der Waals surface area contributed by atoms with Crippen molar-refractivity contribution in [2.75, 3.05) is 11.9 Å². The highest BCUT2D eigenvalue weighted by molar-refractivity contribution is 9.10. The Bertz CT molecular complexity index is 756. The highest BCUT2D eigenvalue weighted by Gasteiger charge is 2.13. The van der Waals surface area contributed by atoms with Crippen LogP contribution in [0.5, 0.6) is 0 Å². The second kappa shape index (κ2) is 7.42. The molecular weight excluding hydrogens is 358 g/mol. The quantitative estimate of drug-likeness (QED) is 0.815. The van der Waals surface area contributed by atoms with Crippen molar-refractivity contribution in [3.05, 3.63) is 63.1 Å². The Morgan fingerprint density at radius 2 is 1.70 bits per heavy atom. The lowest BCUT2D eigenvalue weighted by molar-refractivity contribution is -0.119. The largest absolute Gasteiger partial charge is 0.452 e. The van der Waals surface area contributed by atoms with E-state index < -0.39 is 5.97 Å². The number of anilines is 1. The normalized spacial score (nSPS) is 10.3. The Hall–Kier alpha value is -2.14. The van der Waals surface area contributed by atoms with E-state index in [1.807, 2.05) is 45.0 Å². The van der Waals surface area contributed by atoms with Gasteiger partial charge in [0.15, 0.2) is 6.61 Å². The van der Waals surface area contributed by atoms with Gasteiger partial charge in [0.1, 0.15) is 0 Å². The summed E-state index contributed by atoms with van der Waals surface area (Å²) in [5.74, 6) is -0.877. The van der Waals surface area contributed by atoms with Crippen molar-refractivity contribution in [2.45, 2.75) is 20.8 Å². The molecule has 2 aromatic rings.